The Labute approximate surface area is 80.0 Å². The van der Waals surface area contributed by atoms with Crippen LogP contribution in [0.1, 0.15) is 24.2 Å². The van der Waals surface area contributed by atoms with E-state index in [1.165, 1.54) is 5.69 Å². The van der Waals surface area contributed by atoms with Gasteiger partial charge < -0.3 is 4.74 Å². The zero-order valence-corrected chi connectivity index (χ0v) is 8.42. The maximum Gasteiger partial charge on any atom is 0.0462 e. The van der Waals surface area contributed by atoms with E-state index in [-0.39, 0.29) is 0 Å². The zero-order chi connectivity index (χ0) is 9.52. The summed E-state index contributed by atoms with van der Waals surface area (Å²) >= 11 is 0. The van der Waals surface area contributed by atoms with Gasteiger partial charge >= 0.3 is 0 Å². The highest BCUT2D eigenvalue weighted by atomic mass is 16.5. The van der Waals surface area contributed by atoms with Crippen LogP contribution in [0.4, 0.5) is 0 Å². The first-order chi connectivity index (χ1) is 6.33. The van der Waals surface area contributed by atoms with Crippen molar-refractivity contribution in [3.05, 3.63) is 29.6 Å². The van der Waals surface area contributed by atoms with Gasteiger partial charge in [0.2, 0.25) is 0 Å². The predicted molar refractivity (Wildman–Crippen MR) is 53.8 cm³/mol. The maximum absolute atomic E-state index is 4.98. The molecule has 0 unspecified atom stereocenters. The van der Waals surface area contributed by atoms with E-state index in [1.807, 2.05) is 13.0 Å². The summed E-state index contributed by atoms with van der Waals surface area (Å²) in [6.07, 6.45) is 3.33. The van der Waals surface area contributed by atoms with Gasteiger partial charge in [0.05, 0.1) is 0 Å². The number of aromatic nitrogens is 1. The molecule has 0 N–H and O–H groups in total. The van der Waals surface area contributed by atoms with Crippen molar-refractivity contribution in [1.82, 2.24) is 4.98 Å². The van der Waals surface area contributed by atoms with Crippen molar-refractivity contribution in [2.24, 2.45) is 0 Å². The van der Waals surface area contributed by atoms with Crippen molar-refractivity contribution in [3.63, 3.8) is 0 Å². The molecule has 0 spiro atoms. The van der Waals surface area contributed by atoms with Crippen LogP contribution in [0.15, 0.2) is 18.2 Å². The van der Waals surface area contributed by atoms with Gasteiger partial charge in [0.15, 0.2) is 0 Å². The molecule has 2 nitrogen and oxygen atoms in total. The van der Waals surface area contributed by atoms with Crippen molar-refractivity contribution < 1.29 is 4.74 Å². The molecule has 0 aromatic carbocycles. The maximum atomic E-state index is 4.98. The van der Waals surface area contributed by atoms with Crippen molar-refractivity contribution >= 4 is 0 Å². The average molecular weight is 179 g/mol. The van der Waals surface area contributed by atoms with Gasteiger partial charge in [0.1, 0.15) is 0 Å². The van der Waals surface area contributed by atoms with Gasteiger partial charge in [-0.15, -0.1) is 0 Å². The van der Waals surface area contributed by atoms with Crippen molar-refractivity contribution in [3.8, 4) is 0 Å². The lowest BCUT2D eigenvalue weighted by molar-refractivity contribution is 0.193. The summed E-state index contributed by atoms with van der Waals surface area (Å²) in [5.74, 6) is 0. The zero-order valence-electron chi connectivity index (χ0n) is 8.42. The average Bonchev–Trinajstić information content (AvgIpc) is 2.13. The Morgan fingerprint density at radius 1 is 1.31 bits per heavy atom. The van der Waals surface area contributed by atoms with E-state index in [2.05, 4.69) is 17.1 Å². The minimum absolute atomic E-state index is 0.853. The third-order valence-electron chi connectivity index (χ3n) is 1.98. The first kappa shape index (κ1) is 10.2. The molecule has 1 heterocycles. The molecule has 0 saturated carbocycles. The number of rotatable bonds is 5. The van der Waals surface area contributed by atoms with E-state index < -0.39 is 0 Å². The summed E-state index contributed by atoms with van der Waals surface area (Å²) in [6.45, 7) is 2.88. The Morgan fingerprint density at radius 2 is 2.15 bits per heavy atom. The molecule has 0 aliphatic heterocycles. The van der Waals surface area contributed by atoms with E-state index in [9.17, 15) is 0 Å². The second kappa shape index (κ2) is 5.70. The molecule has 2 heteroatoms. The van der Waals surface area contributed by atoms with Gasteiger partial charge in [-0.05, 0) is 38.3 Å². The third kappa shape index (κ3) is 4.04. The van der Waals surface area contributed by atoms with Crippen molar-refractivity contribution in [2.45, 2.75) is 26.2 Å². The summed E-state index contributed by atoms with van der Waals surface area (Å²) < 4.78 is 4.98. The van der Waals surface area contributed by atoms with Gasteiger partial charge in [-0.25, -0.2) is 0 Å². The van der Waals surface area contributed by atoms with Crippen LogP contribution in [-0.4, -0.2) is 18.7 Å². The highest BCUT2D eigenvalue weighted by Crippen LogP contribution is 2.03. The van der Waals surface area contributed by atoms with Gasteiger partial charge in [-0.1, -0.05) is 6.07 Å². The van der Waals surface area contributed by atoms with E-state index in [1.54, 1.807) is 7.11 Å². The van der Waals surface area contributed by atoms with E-state index in [0.29, 0.717) is 0 Å². The van der Waals surface area contributed by atoms with Gasteiger partial charge in [0.25, 0.3) is 0 Å². The second-order valence-corrected chi connectivity index (χ2v) is 3.22. The summed E-state index contributed by atoms with van der Waals surface area (Å²) in [4.78, 5) is 4.43. The minimum atomic E-state index is 0.853. The standard InChI is InChI=1S/C11H17NO/c1-10-6-5-8-11(12-10)7-3-4-9-13-2/h5-6,8H,3-4,7,9H2,1-2H3. The van der Waals surface area contributed by atoms with Gasteiger partial charge in [-0.2, -0.15) is 0 Å². The quantitative estimate of drug-likeness (QED) is 0.647. The smallest absolute Gasteiger partial charge is 0.0462 e. The van der Waals surface area contributed by atoms with Gasteiger partial charge in [0, 0.05) is 25.1 Å². The molecule has 0 fully saturated rings. The highest BCUT2D eigenvalue weighted by Gasteiger charge is 1.94. The fraction of sp³-hybridized carbons (Fsp3) is 0.545. The molecule has 1 aromatic heterocycles. The number of hydrogen-bond donors (Lipinski definition) is 0. The van der Waals surface area contributed by atoms with Crippen LogP contribution in [-0.2, 0) is 11.2 Å². The van der Waals surface area contributed by atoms with E-state index in [4.69, 9.17) is 4.74 Å². The highest BCUT2D eigenvalue weighted by molar-refractivity contribution is 5.09. The summed E-state index contributed by atoms with van der Waals surface area (Å²) in [5, 5.41) is 0. The molecule has 0 radical (unpaired) electrons. The molecular weight excluding hydrogens is 162 g/mol. The third-order valence-corrected chi connectivity index (χ3v) is 1.98. The lowest BCUT2D eigenvalue weighted by atomic mass is 10.2. The summed E-state index contributed by atoms with van der Waals surface area (Å²) in [7, 11) is 1.74. The number of pyridine rings is 1. The molecule has 0 aliphatic carbocycles. The van der Waals surface area contributed by atoms with E-state index >= 15 is 0 Å². The molecule has 0 bridgehead atoms. The normalized spacial score (nSPS) is 10.3. The van der Waals surface area contributed by atoms with Crippen molar-refractivity contribution in [1.29, 1.82) is 0 Å². The molecule has 0 aliphatic rings. The monoisotopic (exact) mass is 179 g/mol. The molecule has 1 aromatic rings. The topological polar surface area (TPSA) is 22.1 Å². The summed E-state index contributed by atoms with van der Waals surface area (Å²) in [5.41, 5.74) is 2.29. The Hall–Kier alpha value is -0.890. The molecule has 1 rings (SSSR count). The largest absolute Gasteiger partial charge is 0.385 e. The van der Waals surface area contributed by atoms with Crippen LogP contribution in [0, 0.1) is 6.92 Å². The van der Waals surface area contributed by atoms with Crippen LogP contribution in [0.3, 0.4) is 0 Å². The molecule has 13 heavy (non-hydrogen) atoms. The lowest BCUT2D eigenvalue weighted by Gasteiger charge is -2.01. The Bertz CT molecular complexity index is 248. The first-order valence-electron chi connectivity index (χ1n) is 4.74. The lowest BCUT2D eigenvalue weighted by Crippen LogP contribution is -1.94. The van der Waals surface area contributed by atoms with Crippen molar-refractivity contribution in [2.75, 3.05) is 13.7 Å². The molecular formula is C11H17NO. The number of unbranched alkanes of at least 4 members (excludes halogenated alkanes) is 1. The van der Waals surface area contributed by atoms with Crippen LogP contribution in [0.2, 0.25) is 0 Å². The van der Waals surface area contributed by atoms with Gasteiger partial charge in [-0.3, -0.25) is 4.98 Å². The van der Waals surface area contributed by atoms with Crippen LogP contribution in [0.25, 0.3) is 0 Å². The van der Waals surface area contributed by atoms with Crippen LogP contribution in [0.5, 0.6) is 0 Å². The van der Waals surface area contributed by atoms with E-state index in [0.717, 1.165) is 31.6 Å². The number of methoxy groups -OCH3 is 1. The Morgan fingerprint density at radius 3 is 2.85 bits per heavy atom. The fourth-order valence-electron chi connectivity index (χ4n) is 1.29. The Balaban J connectivity index is 2.28. The minimum Gasteiger partial charge on any atom is -0.385 e. The molecule has 0 saturated heterocycles. The van der Waals surface area contributed by atoms with Crippen LogP contribution < -0.4 is 0 Å². The number of ether oxygens (including phenoxy) is 1. The molecule has 72 valence electrons. The molecule has 0 amide bonds. The number of nitrogens with zero attached hydrogens (tertiary/aromatic N) is 1. The van der Waals surface area contributed by atoms with Crippen LogP contribution >= 0.6 is 0 Å². The number of aryl methyl sites for hydroxylation is 2. The number of hydrogen-bond acceptors (Lipinski definition) is 2. The first-order valence-corrected chi connectivity index (χ1v) is 4.74. The SMILES string of the molecule is COCCCCc1cccc(C)n1. The predicted octanol–water partition coefficient (Wildman–Crippen LogP) is 2.36. The summed E-state index contributed by atoms with van der Waals surface area (Å²) in [6, 6.07) is 6.17. The second-order valence-electron chi connectivity index (χ2n) is 3.22. The molecule has 0 atom stereocenters. The Kier molecular flexibility index (Phi) is 4.47. The fourth-order valence-corrected chi connectivity index (χ4v) is 1.29.